The summed E-state index contributed by atoms with van der Waals surface area (Å²) in [5.41, 5.74) is 5.34. The molecule has 14 heavy (non-hydrogen) atoms. The Balaban J connectivity index is 3.89. The third kappa shape index (κ3) is 4.81. The second kappa shape index (κ2) is 6.37. The van der Waals surface area contributed by atoms with Gasteiger partial charge in [-0.25, -0.2) is 0 Å². The minimum atomic E-state index is -0.587. The van der Waals surface area contributed by atoms with Crippen LogP contribution in [0.1, 0.15) is 27.2 Å². The Bertz CT molecular complexity index is 204. The third-order valence-electron chi connectivity index (χ3n) is 1.71. The lowest BCUT2D eigenvalue weighted by Crippen LogP contribution is -2.49. The van der Waals surface area contributed by atoms with Crippen molar-refractivity contribution in [3.8, 4) is 0 Å². The first-order chi connectivity index (χ1) is 6.49. The highest BCUT2D eigenvalue weighted by Crippen LogP contribution is 1.85. The van der Waals surface area contributed by atoms with Crippen molar-refractivity contribution in [2.45, 2.75) is 39.3 Å². The quantitative estimate of drug-likeness (QED) is 0.553. The molecule has 0 aliphatic heterocycles. The Morgan fingerprint density at radius 1 is 1.29 bits per heavy atom. The first kappa shape index (κ1) is 12.9. The lowest BCUT2D eigenvalue weighted by molar-refractivity contribution is -0.129. The Kier molecular flexibility index (Phi) is 5.87. The molecule has 0 heterocycles. The van der Waals surface area contributed by atoms with Gasteiger partial charge in [-0.3, -0.25) is 9.59 Å². The molecule has 0 spiro atoms. The van der Waals surface area contributed by atoms with Crippen molar-refractivity contribution < 1.29 is 9.59 Å². The molecule has 2 atom stereocenters. The van der Waals surface area contributed by atoms with Gasteiger partial charge in [0.2, 0.25) is 11.8 Å². The van der Waals surface area contributed by atoms with Crippen molar-refractivity contribution in [3.05, 3.63) is 0 Å². The van der Waals surface area contributed by atoms with Crippen LogP contribution in [0.5, 0.6) is 0 Å². The lowest BCUT2D eigenvalue weighted by Gasteiger charge is -2.14. The molecular weight excluding hydrogens is 182 g/mol. The molecule has 0 radical (unpaired) electrons. The van der Waals surface area contributed by atoms with Gasteiger partial charge < -0.3 is 16.4 Å². The van der Waals surface area contributed by atoms with E-state index < -0.39 is 12.1 Å². The largest absolute Gasteiger partial charge is 0.354 e. The van der Waals surface area contributed by atoms with Crippen molar-refractivity contribution in [3.63, 3.8) is 0 Å². The predicted molar refractivity (Wildman–Crippen MR) is 54.6 cm³/mol. The standard InChI is InChI=1S/C9H19N3O2/c1-4-5-11-9(14)7(3)12-8(13)6(2)10/h6-7H,4-5,10H2,1-3H3,(H,11,14)(H,12,13)/t6-,7-/m0/s1. The number of nitrogens with one attached hydrogen (secondary N) is 2. The van der Waals surface area contributed by atoms with Gasteiger partial charge in [-0.05, 0) is 20.3 Å². The Morgan fingerprint density at radius 2 is 1.86 bits per heavy atom. The zero-order valence-corrected chi connectivity index (χ0v) is 8.96. The summed E-state index contributed by atoms with van der Waals surface area (Å²) in [6.07, 6.45) is 0.875. The number of rotatable bonds is 5. The van der Waals surface area contributed by atoms with E-state index in [1.54, 1.807) is 13.8 Å². The molecule has 0 aromatic heterocycles. The Hall–Kier alpha value is -1.10. The maximum absolute atomic E-state index is 11.3. The number of carbonyl (C=O) groups excluding carboxylic acids is 2. The molecule has 2 amide bonds. The lowest BCUT2D eigenvalue weighted by atomic mass is 10.2. The van der Waals surface area contributed by atoms with E-state index in [4.69, 9.17) is 5.73 Å². The van der Waals surface area contributed by atoms with Crippen LogP contribution in [-0.4, -0.2) is 30.4 Å². The summed E-state index contributed by atoms with van der Waals surface area (Å²) in [4.78, 5) is 22.4. The van der Waals surface area contributed by atoms with Crippen LogP contribution in [0.4, 0.5) is 0 Å². The zero-order chi connectivity index (χ0) is 11.1. The van der Waals surface area contributed by atoms with Gasteiger partial charge in [-0.15, -0.1) is 0 Å². The van der Waals surface area contributed by atoms with E-state index in [0.29, 0.717) is 6.54 Å². The number of carbonyl (C=O) groups is 2. The van der Waals surface area contributed by atoms with Crippen LogP contribution in [0, 0.1) is 0 Å². The van der Waals surface area contributed by atoms with Crippen LogP contribution >= 0.6 is 0 Å². The van der Waals surface area contributed by atoms with Crippen LogP contribution < -0.4 is 16.4 Å². The van der Waals surface area contributed by atoms with Crippen molar-refractivity contribution in [1.29, 1.82) is 0 Å². The summed E-state index contributed by atoms with van der Waals surface area (Å²) >= 11 is 0. The third-order valence-corrected chi connectivity index (χ3v) is 1.71. The van der Waals surface area contributed by atoms with Gasteiger partial charge in [0.15, 0.2) is 0 Å². The van der Waals surface area contributed by atoms with E-state index in [1.807, 2.05) is 6.92 Å². The fourth-order valence-corrected chi connectivity index (χ4v) is 0.812. The van der Waals surface area contributed by atoms with Crippen LogP contribution in [0.15, 0.2) is 0 Å². The SMILES string of the molecule is CCCNC(=O)[C@H](C)NC(=O)[C@H](C)N. The molecule has 82 valence electrons. The summed E-state index contributed by atoms with van der Waals surface area (Å²) in [5, 5.41) is 5.19. The summed E-state index contributed by atoms with van der Waals surface area (Å²) in [7, 11) is 0. The average Bonchev–Trinajstić information content (AvgIpc) is 2.13. The number of hydrogen-bond donors (Lipinski definition) is 3. The van der Waals surface area contributed by atoms with E-state index in [9.17, 15) is 9.59 Å². The zero-order valence-electron chi connectivity index (χ0n) is 8.96. The fourth-order valence-electron chi connectivity index (χ4n) is 0.812. The molecule has 0 fully saturated rings. The minimum Gasteiger partial charge on any atom is -0.354 e. The molecular formula is C9H19N3O2. The first-order valence-electron chi connectivity index (χ1n) is 4.82. The highest BCUT2D eigenvalue weighted by atomic mass is 16.2. The van der Waals surface area contributed by atoms with Crippen LogP contribution in [0.25, 0.3) is 0 Å². The molecule has 0 unspecified atom stereocenters. The number of nitrogens with two attached hydrogens (primary N) is 1. The van der Waals surface area contributed by atoms with Crippen molar-refractivity contribution >= 4 is 11.8 Å². The van der Waals surface area contributed by atoms with Crippen molar-refractivity contribution in [2.75, 3.05) is 6.54 Å². The highest BCUT2D eigenvalue weighted by Gasteiger charge is 2.16. The van der Waals surface area contributed by atoms with E-state index >= 15 is 0 Å². The molecule has 0 saturated heterocycles. The molecule has 5 heteroatoms. The fraction of sp³-hybridized carbons (Fsp3) is 0.778. The van der Waals surface area contributed by atoms with Gasteiger partial charge in [-0.1, -0.05) is 6.92 Å². The predicted octanol–water partition coefficient (Wildman–Crippen LogP) is -0.635. The Labute approximate surface area is 84.4 Å². The topological polar surface area (TPSA) is 84.2 Å². The molecule has 0 bridgehead atoms. The van der Waals surface area contributed by atoms with E-state index in [-0.39, 0.29) is 11.8 Å². The van der Waals surface area contributed by atoms with Gasteiger partial charge in [0, 0.05) is 6.54 Å². The second-order valence-electron chi connectivity index (χ2n) is 3.31. The highest BCUT2D eigenvalue weighted by molar-refractivity contribution is 5.89. The van der Waals surface area contributed by atoms with Crippen LogP contribution in [0.3, 0.4) is 0 Å². The average molecular weight is 201 g/mol. The molecule has 0 saturated carbocycles. The van der Waals surface area contributed by atoms with Gasteiger partial charge in [0.1, 0.15) is 6.04 Å². The first-order valence-corrected chi connectivity index (χ1v) is 4.82. The number of hydrogen-bond acceptors (Lipinski definition) is 3. The summed E-state index contributed by atoms with van der Waals surface area (Å²) in [6, 6.07) is -1.11. The maximum atomic E-state index is 11.3. The smallest absolute Gasteiger partial charge is 0.242 e. The second-order valence-corrected chi connectivity index (χ2v) is 3.31. The number of amides is 2. The molecule has 0 rings (SSSR count). The van der Waals surface area contributed by atoms with E-state index in [0.717, 1.165) is 6.42 Å². The summed E-state index contributed by atoms with van der Waals surface area (Å²) < 4.78 is 0. The normalized spacial score (nSPS) is 14.3. The molecule has 0 aliphatic carbocycles. The summed E-state index contributed by atoms with van der Waals surface area (Å²) in [6.45, 7) is 5.79. The molecule has 0 aromatic carbocycles. The minimum absolute atomic E-state index is 0.180. The van der Waals surface area contributed by atoms with Crippen molar-refractivity contribution in [2.24, 2.45) is 5.73 Å². The van der Waals surface area contributed by atoms with Crippen molar-refractivity contribution in [1.82, 2.24) is 10.6 Å². The van der Waals surface area contributed by atoms with Crippen LogP contribution in [-0.2, 0) is 9.59 Å². The molecule has 4 N–H and O–H groups in total. The molecule has 0 aromatic rings. The molecule has 0 aliphatic rings. The summed E-state index contributed by atoms with van der Waals surface area (Å²) in [5.74, 6) is -0.495. The maximum Gasteiger partial charge on any atom is 0.242 e. The Morgan fingerprint density at radius 3 is 2.29 bits per heavy atom. The van der Waals surface area contributed by atoms with Gasteiger partial charge in [0.05, 0.1) is 6.04 Å². The van der Waals surface area contributed by atoms with E-state index in [2.05, 4.69) is 10.6 Å². The van der Waals surface area contributed by atoms with E-state index in [1.165, 1.54) is 0 Å². The molecule has 5 nitrogen and oxygen atoms in total. The van der Waals surface area contributed by atoms with Crippen LogP contribution in [0.2, 0.25) is 0 Å². The van der Waals surface area contributed by atoms with Gasteiger partial charge >= 0.3 is 0 Å². The monoisotopic (exact) mass is 201 g/mol. The van der Waals surface area contributed by atoms with Gasteiger partial charge in [0.25, 0.3) is 0 Å². The van der Waals surface area contributed by atoms with Gasteiger partial charge in [-0.2, -0.15) is 0 Å².